The summed E-state index contributed by atoms with van der Waals surface area (Å²) in [5.74, 6) is 0. The number of carbonyl (C=O) groups is 1. The van der Waals surface area contributed by atoms with Gasteiger partial charge in [-0.1, -0.05) is 11.6 Å². The summed E-state index contributed by atoms with van der Waals surface area (Å²) in [6.07, 6.45) is 1.20. The zero-order valence-corrected chi connectivity index (χ0v) is 14.0. The van der Waals surface area contributed by atoms with E-state index in [-0.39, 0.29) is 17.8 Å². The predicted molar refractivity (Wildman–Crippen MR) is 89.1 cm³/mol. The number of halogens is 1. The fourth-order valence-electron chi connectivity index (χ4n) is 3.21. The van der Waals surface area contributed by atoms with E-state index in [1.807, 2.05) is 16.7 Å². The molecule has 0 saturated carbocycles. The number of piperidine rings is 1. The van der Waals surface area contributed by atoms with Gasteiger partial charge in [-0.3, -0.25) is 9.13 Å². The first-order chi connectivity index (χ1) is 11.0. The maximum Gasteiger partial charge on any atom is 0.409 e. The molecule has 2 aromatic rings. The van der Waals surface area contributed by atoms with Crippen LogP contribution in [0.3, 0.4) is 0 Å². The highest BCUT2D eigenvalue weighted by Crippen LogP contribution is 2.27. The molecule has 1 aromatic carbocycles. The van der Waals surface area contributed by atoms with Crippen molar-refractivity contribution in [2.75, 3.05) is 19.7 Å². The van der Waals surface area contributed by atoms with Crippen LogP contribution in [-0.2, 0) is 11.8 Å². The van der Waals surface area contributed by atoms with Crippen LogP contribution in [0.4, 0.5) is 4.79 Å². The van der Waals surface area contributed by atoms with E-state index in [4.69, 9.17) is 16.3 Å². The van der Waals surface area contributed by atoms with Gasteiger partial charge in [-0.2, -0.15) is 0 Å². The first kappa shape index (κ1) is 15.9. The van der Waals surface area contributed by atoms with Gasteiger partial charge in [0.25, 0.3) is 0 Å². The summed E-state index contributed by atoms with van der Waals surface area (Å²) >= 11 is 6.04. The third-order valence-corrected chi connectivity index (χ3v) is 4.64. The van der Waals surface area contributed by atoms with Crippen molar-refractivity contribution in [3.05, 3.63) is 33.7 Å². The smallest absolute Gasteiger partial charge is 0.409 e. The van der Waals surface area contributed by atoms with E-state index in [2.05, 4.69) is 0 Å². The summed E-state index contributed by atoms with van der Waals surface area (Å²) in [5.41, 5.74) is 1.67. The molecule has 2 heterocycles. The van der Waals surface area contributed by atoms with Crippen LogP contribution < -0.4 is 5.69 Å². The Morgan fingerprint density at radius 2 is 2.00 bits per heavy atom. The van der Waals surface area contributed by atoms with Crippen molar-refractivity contribution >= 4 is 28.7 Å². The van der Waals surface area contributed by atoms with E-state index >= 15 is 0 Å². The molecular weight excluding hydrogens is 318 g/mol. The van der Waals surface area contributed by atoms with Crippen molar-refractivity contribution in [3.8, 4) is 0 Å². The van der Waals surface area contributed by atoms with Crippen LogP contribution in [0.2, 0.25) is 5.02 Å². The number of fused-ring (bicyclic) bond motifs is 1. The van der Waals surface area contributed by atoms with Crippen LogP contribution in [0.1, 0.15) is 25.8 Å². The van der Waals surface area contributed by atoms with Gasteiger partial charge in [0.05, 0.1) is 17.6 Å². The number of aromatic nitrogens is 2. The van der Waals surface area contributed by atoms with Crippen molar-refractivity contribution in [1.29, 1.82) is 0 Å². The summed E-state index contributed by atoms with van der Waals surface area (Å²) in [7, 11) is 1.76. The van der Waals surface area contributed by atoms with Crippen LogP contribution in [0, 0.1) is 0 Å². The normalized spacial score (nSPS) is 16.0. The Morgan fingerprint density at radius 3 is 2.65 bits per heavy atom. The molecule has 0 unspecified atom stereocenters. The second-order valence-electron chi connectivity index (χ2n) is 5.76. The minimum atomic E-state index is -0.275. The largest absolute Gasteiger partial charge is 0.450 e. The molecule has 0 radical (unpaired) electrons. The van der Waals surface area contributed by atoms with E-state index < -0.39 is 0 Å². The standard InChI is InChI=1S/C16H20ClN3O3/c1-3-23-16(22)19-8-6-12(7-9-19)20-13-5-4-11(17)10-14(13)18(2)15(20)21/h4-5,10,12H,3,6-9H2,1-2H3. The summed E-state index contributed by atoms with van der Waals surface area (Å²) in [6.45, 7) is 3.37. The van der Waals surface area contributed by atoms with Gasteiger partial charge in [0, 0.05) is 31.2 Å². The molecule has 124 valence electrons. The number of aryl methyl sites for hydroxylation is 1. The number of imidazole rings is 1. The lowest BCUT2D eigenvalue weighted by Gasteiger charge is -2.31. The van der Waals surface area contributed by atoms with Gasteiger partial charge in [-0.05, 0) is 38.0 Å². The SMILES string of the molecule is CCOC(=O)N1CCC(n2c(=O)n(C)c3cc(Cl)ccc32)CC1. The van der Waals surface area contributed by atoms with Gasteiger partial charge in [-0.25, -0.2) is 9.59 Å². The topological polar surface area (TPSA) is 56.5 Å². The molecule has 1 aliphatic heterocycles. The van der Waals surface area contributed by atoms with E-state index in [1.54, 1.807) is 29.5 Å². The second-order valence-corrected chi connectivity index (χ2v) is 6.20. The minimum Gasteiger partial charge on any atom is -0.450 e. The molecule has 0 bridgehead atoms. The molecule has 3 rings (SSSR count). The number of amides is 1. The lowest BCUT2D eigenvalue weighted by molar-refractivity contribution is 0.0927. The Morgan fingerprint density at radius 1 is 1.30 bits per heavy atom. The number of hydrogen-bond acceptors (Lipinski definition) is 3. The molecule has 23 heavy (non-hydrogen) atoms. The maximum absolute atomic E-state index is 12.6. The van der Waals surface area contributed by atoms with E-state index in [0.717, 1.165) is 23.9 Å². The summed E-state index contributed by atoms with van der Waals surface area (Å²) in [4.78, 5) is 26.1. The number of rotatable bonds is 2. The number of nitrogens with zero attached hydrogens (tertiary/aromatic N) is 3. The number of ether oxygens (including phenoxy) is 1. The number of benzene rings is 1. The molecule has 1 fully saturated rings. The fourth-order valence-corrected chi connectivity index (χ4v) is 3.38. The zero-order chi connectivity index (χ0) is 16.6. The van der Waals surface area contributed by atoms with E-state index in [0.29, 0.717) is 24.7 Å². The molecule has 0 atom stereocenters. The second kappa shape index (κ2) is 6.28. The van der Waals surface area contributed by atoms with E-state index in [1.165, 1.54) is 0 Å². The van der Waals surface area contributed by atoms with Crippen LogP contribution in [-0.4, -0.2) is 39.8 Å². The highest BCUT2D eigenvalue weighted by atomic mass is 35.5. The third-order valence-electron chi connectivity index (χ3n) is 4.41. The molecule has 7 heteroatoms. The molecule has 0 aliphatic carbocycles. The zero-order valence-electron chi connectivity index (χ0n) is 13.3. The molecular formula is C16H20ClN3O3. The van der Waals surface area contributed by atoms with Crippen molar-refractivity contribution in [2.24, 2.45) is 7.05 Å². The summed E-state index contributed by atoms with van der Waals surface area (Å²) < 4.78 is 8.48. The van der Waals surface area contributed by atoms with Gasteiger partial charge in [-0.15, -0.1) is 0 Å². The molecule has 1 saturated heterocycles. The van der Waals surface area contributed by atoms with Crippen LogP contribution in [0.5, 0.6) is 0 Å². The van der Waals surface area contributed by atoms with Crippen molar-refractivity contribution in [1.82, 2.24) is 14.0 Å². The number of hydrogen-bond donors (Lipinski definition) is 0. The Hall–Kier alpha value is -1.95. The lowest BCUT2D eigenvalue weighted by atomic mass is 10.0. The predicted octanol–water partition coefficient (Wildman–Crippen LogP) is 2.79. The van der Waals surface area contributed by atoms with Crippen LogP contribution in [0.15, 0.2) is 23.0 Å². The monoisotopic (exact) mass is 337 g/mol. The number of carbonyl (C=O) groups excluding carboxylic acids is 1. The molecule has 1 amide bonds. The third kappa shape index (κ3) is 2.83. The summed E-state index contributed by atoms with van der Waals surface area (Å²) in [5, 5.41) is 0.613. The van der Waals surface area contributed by atoms with Gasteiger partial charge in [0.1, 0.15) is 0 Å². The first-order valence-corrected chi connectivity index (χ1v) is 8.19. The molecule has 0 spiro atoms. The molecule has 1 aliphatic rings. The summed E-state index contributed by atoms with van der Waals surface area (Å²) in [6, 6.07) is 5.57. The van der Waals surface area contributed by atoms with Crippen molar-refractivity contribution in [3.63, 3.8) is 0 Å². The van der Waals surface area contributed by atoms with Crippen LogP contribution in [0.25, 0.3) is 11.0 Å². The number of likely N-dealkylation sites (tertiary alicyclic amines) is 1. The Balaban J connectivity index is 1.87. The average Bonchev–Trinajstić information content (AvgIpc) is 2.79. The highest BCUT2D eigenvalue weighted by molar-refractivity contribution is 6.31. The first-order valence-electron chi connectivity index (χ1n) is 7.81. The quantitative estimate of drug-likeness (QED) is 0.846. The molecule has 0 N–H and O–H groups in total. The highest BCUT2D eigenvalue weighted by Gasteiger charge is 2.27. The van der Waals surface area contributed by atoms with Crippen LogP contribution >= 0.6 is 11.6 Å². The fraction of sp³-hybridized carbons (Fsp3) is 0.500. The van der Waals surface area contributed by atoms with E-state index in [9.17, 15) is 9.59 Å². The Bertz CT molecular complexity index is 788. The Kier molecular flexibility index (Phi) is 4.35. The average molecular weight is 338 g/mol. The van der Waals surface area contributed by atoms with Gasteiger partial charge in [0.2, 0.25) is 0 Å². The Labute approximate surface area is 139 Å². The minimum absolute atomic E-state index is 0.0446. The molecule has 1 aromatic heterocycles. The lowest BCUT2D eigenvalue weighted by Crippen LogP contribution is -2.41. The molecule has 6 nitrogen and oxygen atoms in total. The van der Waals surface area contributed by atoms with Crippen molar-refractivity contribution < 1.29 is 9.53 Å². The van der Waals surface area contributed by atoms with Gasteiger partial charge >= 0.3 is 11.8 Å². The van der Waals surface area contributed by atoms with Crippen molar-refractivity contribution in [2.45, 2.75) is 25.8 Å². The van der Waals surface area contributed by atoms with Gasteiger partial charge < -0.3 is 9.64 Å². The maximum atomic E-state index is 12.6. The van der Waals surface area contributed by atoms with Gasteiger partial charge in [0.15, 0.2) is 0 Å².